The maximum atomic E-state index is 12.8. The zero-order chi connectivity index (χ0) is 15.8. The van der Waals surface area contributed by atoms with Crippen molar-refractivity contribution in [2.45, 2.75) is 30.4 Å². The molecule has 2 rings (SSSR count). The molecule has 1 saturated heterocycles. The number of β-amino-alcohol motifs (C(OH)–C–C–N with tert-alkyl or cyclic N) is 1. The van der Waals surface area contributed by atoms with Gasteiger partial charge >= 0.3 is 0 Å². The molecule has 0 aliphatic carbocycles. The predicted octanol–water partition coefficient (Wildman–Crippen LogP) is 1.44. The van der Waals surface area contributed by atoms with Gasteiger partial charge in [0.25, 0.3) is 0 Å². The van der Waals surface area contributed by atoms with Gasteiger partial charge in [-0.1, -0.05) is 15.9 Å². The van der Waals surface area contributed by atoms with E-state index in [4.69, 9.17) is 0 Å². The van der Waals surface area contributed by atoms with Crippen molar-refractivity contribution in [2.75, 3.05) is 27.2 Å². The van der Waals surface area contributed by atoms with Crippen LogP contribution < -0.4 is 0 Å². The van der Waals surface area contributed by atoms with Gasteiger partial charge in [-0.25, -0.2) is 8.42 Å². The summed E-state index contributed by atoms with van der Waals surface area (Å²) in [7, 11) is 0.224. The lowest BCUT2D eigenvalue weighted by atomic mass is 10.2. The number of hydrogen-bond acceptors (Lipinski definition) is 4. The number of aliphatic hydroxyl groups excluding tert-OH is 1. The number of benzene rings is 1. The van der Waals surface area contributed by atoms with Crippen molar-refractivity contribution in [3.05, 3.63) is 28.2 Å². The summed E-state index contributed by atoms with van der Waals surface area (Å²) in [4.78, 5) is 2.22. The quantitative estimate of drug-likeness (QED) is 0.863. The number of aliphatic hydroxyl groups is 1. The summed E-state index contributed by atoms with van der Waals surface area (Å²) in [6, 6.07) is 4.82. The van der Waals surface area contributed by atoms with Crippen LogP contribution in [0.2, 0.25) is 0 Å². The minimum Gasteiger partial charge on any atom is -0.392 e. The van der Waals surface area contributed by atoms with Gasteiger partial charge in [-0.2, -0.15) is 4.31 Å². The van der Waals surface area contributed by atoms with Crippen LogP contribution in [0.25, 0.3) is 0 Å². The zero-order valence-corrected chi connectivity index (χ0v) is 14.9. The molecule has 1 aromatic rings. The van der Waals surface area contributed by atoms with Crippen LogP contribution in [0.3, 0.4) is 0 Å². The van der Waals surface area contributed by atoms with E-state index in [1.165, 1.54) is 4.31 Å². The smallest absolute Gasteiger partial charge is 0.243 e. The molecule has 118 valence electrons. The molecule has 2 unspecified atom stereocenters. The van der Waals surface area contributed by atoms with Gasteiger partial charge in [0.1, 0.15) is 0 Å². The van der Waals surface area contributed by atoms with E-state index in [1.54, 1.807) is 18.2 Å². The molecule has 1 fully saturated rings. The second kappa shape index (κ2) is 6.34. The highest BCUT2D eigenvalue weighted by molar-refractivity contribution is 9.10. The summed E-state index contributed by atoms with van der Waals surface area (Å²) in [5.74, 6) is 0. The highest BCUT2D eigenvalue weighted by Gasteiger charge is 2.39. The van der Waals surface area contributed by atoms with Crippen LogP contribution in [-0.4, -0.2) is 62.1 Å². The van der Waals surface area contributed by atoms with Gasteiger partial charge in [0, 0.05) is 23.6 Å². The number of nitrogens with zero attached hydrogens (tertiary/aromatic N) is 2. The third kappa shape index (κ3) is 3.65. The molecule has 1 aliphatic heterocycles. The van der Waals surface area contributed by atoms with Crippen molar-refractivity contribution in [3.8, 4) is 0 Å². The predicted molar refractivity (Wildman–Crippen MR) is 85.7 cm³/mol. The van der Waals surface area contributed by atoms with Crippen molar-refractivity contribution in [2.24, 2.45) is 0 Å². The summed E-state index contributed by atoms with van der Waals surface area (Å²) in [5, 5.41) is 9.86. The third-order valence-electron chi connectivity index (χ3n) is 3.65. The van der Waals surface area contributed by atoms with E-state index in [2.05, 4.69) is 15.9 Å². The Bertz CT molecular complexity index is 619. The maximum absolute atomic E-state index is 12.8. The molecule has 2 atom stereocenters. The van der Waals surface area contributed by atoms with Gasteiger partial charge in [0.2, 0.25) is 10.0 Å². The van der Waals surface area contributed by atoms with Crippen LogP contribution in [0.5, 0.6) is 0 Å². The molecule has 0 radical (unpaired) electrons. The molecule has 0 spiro atoms. The Balaban J connectivity index is 2.34. The molecule has 5 nitrogen and oxygen atoms in total. The first-order chi connectivity index (χ1) is 9.71. The van der Waals surface area contributed by atoms with Crippen LogP contribution in [0.15, 0.2) is 27.6 Å². The minimum atomic E-state index is -3.58. The van der Waals surface area contributed by atoms with Crippen LogP contribution in [0.4, 0.5) is 0 Å². The Kier molecular flexibility index (Phi) is 5.10. The average Bonchev–Trinajstić information content (AvgIpc) is 2.73. The number of likely N-dealkylation sites (N-methyl/N-ethyl adjacent to an activating group) is 1. The van der Waals surface area contributed by atoms with Gasteiger partial charge in [-0.15, -0.1) is 0 Å². The van der Waals surface area contributed by atoms with E-state index < -0.39 is 16.1 Å². The fourth-order valence-corrected chi connectivity index (χ4v) is 4.65. The molecule has 0 amide bonds. The topological polar surface area (TPSA) is 60.9 Å². The van der Waals surface area contributed by atoms with Crippen LogP contribution in [0.1, 0.15) is 12.0 Å². The Labute approximate surface area is 134 Å². The van der Waals surface area contributed by atoms with E-state index in [-0.39, 0.29) is 17.5 Å². The highest BCUT2D eigenvalue weighted by Crippen LogP contribution is 2.28. The van der Waals surface area contributed by atoms with Gasteiger partial charge in [0.15, 0.2) is 0 Å². The number of sulfonamides is 1. The summed E-state index contributed by atoms with van der Waals surface area (Å²) < 4.78 is 27.9. The van der Waals surface area contributed by atoms with E-state index in [1.807, 2.05) is 25.9 Å². The zero-order valence-electron chi connectivity index (χ0n) is 12.5. The molecular formula is C14H21BrN2O3S. The van der Waals surface area contributed by atoms with Crippen molar-refractivity contribution in [1.82, 2.24) is 9.21 Å². The lowest BCUT2D eigenvalue weighted by Crippen LogP contribution is -2.41. The highest BCUT2D eigenvalue weighted by atomic mass is 79.9. The van der Waals surface area contributed by atoms with E-state index in [9.17, 15) is 13.5 Å². The van der Waals surface area contributed by atoms with Gasteiger partial charge in [-0.3, -0.25) is 0 Å². The van der Waals surface area contributed by atoms with Crippen LogP contribution in [-0.2, 0) is 10.0 Å². The van der Waals surface area contributed by atoms with Crippen molar-refractivity contribution in [3.63, 3.8) is 0 Å². The molecule has 0 bridgehead atoms. The average molecular weight is 377 g/mol. The Morgan fingerprint density at radius 2 is 2.10 bits per heavy atom. The van der Waals surface area contributed by atoms with Gasteiger partial charge < -0.3 is 10.0 Å². The Morgan fingerprint density at radius 3 is 2.67 bits per heavy atom. The Morgan fingerprint density at radius 1 is 1.43 bits per heavy atom. The SMILES string of the molecule is Cc1cc(S(=O)(=O)N2CC(O)CC2CN(C)C)ccc1Br. The number of aryl methyl sites for hydroxylation is 1. The van der Waals surface area contributed by atoms with Crippen molar-refractivity contribution >= 4 is 26.0 Å². The largest absolute Gasteiger partial charge is 0.392 e. The second-order valence-electron chi connectivity index (χ2n) is 5.79. The molecule has 0 saturated carbocycles. The molecule has 21 heavy (non-hydrogen) atoms. The standard InChI is InChI=1S/C14H21BrN2O3S/c1-10-6-13(4-5-14(10)15)21(19,20)17-9-12(18)7-11(17)8-16(2)3/h4-6,11-12,18H,7-9H2,1-3H3. The van der Waals surface area contributed by atoms with Crippen LogP contribution in [0, 0.1) is 6.92 Å². The summed E-state index contributed by atoms with van der Waals surface area (Å²) in [6.07, 6.45) is -0.117. The first-order valence-corrected chi connectivity index (χ1v) is 9.06. The summed E-state index contributed by atoms with van der Waals surface area (Å²) in [6.45, 7) is 2.63. The Hall–Kier alpha value is -0.470. The third-order valence-corrected chi connectivity index (χ3v) is 6.46. The number of hydrogen-bond donors (Lipinski definition) is 1. The molecule has 1 aromatic carbocycles. The van der Waals surface area contributed by atoms with Gasteiger partial charge in [-0.05, 0) is 51.2 Å². The molecule has 7 heteroatoms. The minimum absolute atomic E-state index is 0.163. The van der Waals surface area contributed by atoms with Gasteiger partial charge in [0.05, 0.1) is 11.0 Å². The number of halogens is 1. The monoisotopic (exact) mass is 376 g/mol. The second-order valence-corrected chi connectivity index (χ2v) is 8.54. The molecule has 1 N–H and O–H groups in total. The van der Waals surface area contributed by atoms with Crippen molar-refractivity contribution < 1.29 is 13.5 Å². The summed E-state index contributed by atoms with van der Waals surface area (Å²) in [5.41, 5.74) is 0.875. The first kappa shape index (κ1) is 16.9. The summed E-state index contributed by atoms with van der Waals surface area (Å²) >= 11 is 3.38. The van der Waals surface area contributed by atoms with E-state index in [0.29, 0.717) is 13.0 Å². The van der Waals surface area contributed by atoms with E-state index >= 15 is 0 Å². The fraction of sp³-hybridized carbons (Fsp3) is 0.571. The molecular weight excluding hydrogens is 356 g/mol. The lowest BCUT2D eigenvalue weighted by Gasteiger charge is -2.26. The maximum Gasteiger partial charge on any atom is 0.243 e. The van der Waals surface area contributed by atoms with E-state index in [0.717, 1.165) is 10.0 Å². The van der Waals surface area contributed by atoms with Crippen molar-refractivity contribution in [1.29, 1.82) is 0 Å². The lowest BCUT2D eigenvalue weighted by molar-refractivity contribution is 0.188. The normalized spacial score (nSPS) is 23.9. The molecule has 0 aromatic heterocycles. The fourth-order valence-electron chi connectivity index (χ4n) is 2.66. The first-order valence-electron chi connectivity index (χ1n) is 6.82. The molecule has 1 aliphatic rings. The molecule has 1 heterocycles. The van der Waals surface area contributed by atoms with Crippen LogP contribution >= 0.6 is 15.9 Å². The number of rotatable bonds is 4.